The zero-order valence-corrected chi connectivity index (χ0v) is 18.5. The molecule has 0 radical (unpaired) electrons. The number of carboxylic acids is 1. The molecule has 0 aromatic carbocycles. The number of hydrogen-bond donors (Lipinski definition) is 8. The molecule has 0 rings (SSSR count). The molecule has 0 aliphatic carbocycles. The van der Waals surface area contributed by atoms with Gasteiger partial charge >= 0.3 is 5.97 Å². The van der Waals surface area contributed by atoms with E-state index in [9.17, 15) is 24.0 Å². The van der Waals surface area contributed by atoms with E-state index in [1.165, 1.54) is 0 Å². The standard InChI is InChI=1S/C19H36N6O7/c1-10(2)7-11(21)16(28)23-12(5-3-4-6-20)17(29)24-13(8-15(22)27)18(30)25-14(9-26)19(31)32/h10-14,26H,3-9,20-21H2,1-2H3,(H2,22,27)(H,23,28)(H,24,29)(H,25,30)(H,31,32). The molecule has 0 aromatic heterocycles. The topological polar surface area (TPSA) is 240 Å². The van der Waals surface area contributed by atoms with Crippen molar-refractivity contribution in [2.45, 2.75) is 70.1 Å². The van der Waals surface area contributed by atoms with Gasteiger partial charge < -0.3 is 43.4 Å². The Balaban J connectivity index is 5.42. The Bertz CT molecular complexity index is 658. The number of carboxylic acid groups (broad SMARTS) is 1. The molecular formula is C19H36N6O7. The van der Waals surface area contributed by atoms with Crippen molar-refractivity contribution >= 4 is 29.6 Å². The second-order valence-corrected chi connectivity index (χ2v) is 7.90. The summed E-state index contributed by atoms with van der Waals surface area (Å²) in [5, 5.41) is 24.9. The van der Waals surface area contributed by atoms with Crippen molar-refractivity contribution in [3.63, 3.8) is 0 Å². The van der Waals surface area contributed by atoms with Crippen LogP contribution in [-0.4, -0.2) is 77.1 Å². The summed E-state index contributed by atoms with van der Waals surface area (Å²) in [7, 11) is 0. The number of primary amides is 1. The van der Waals surface area contributed by atoms with E-state index in [1.807, 2.05) is 19.2 Å². The van der Waals surface area contributed by atoms with E-state index in [-0.39, 0.29) is 12.3 Å². The van der Waals surface area contributed by atoms with Gasteiger partial charge in [-0.05, 0) is 38.1 Å². The van der Waals surface area contributed by atoms with Crippen molar-refractivity contribution in [3.8, 4) is 0 Å². The average molecular weight is 461 g/mol. The summed E-state index contributed by atoms with van der Waals surface area (Å²) in [6, 6.07) is -5.05. The van der Waals surface area contributed by atoms with Gasteiger partial charge in [0.2, 0.25) is 23.6 Å². The van der Waals surface area contributed by atoms with Crippen LogP contribution in [0.5, 0.6) is 0 Å². The number of aliphatic hydroxyl groups is 1. The first-order valence-corrected chi connectivity index (χ1v) is 10.4. The van der Waals surface area contributed by atoms with Crippen molar-refractivity contribution in [1.82, 2.24) is 16.0 Å². The molecule has 0 bridgehead atoms. The fraction of sp³-hybridized carbons (Fsp3) is 0.737. The predicted octanol–water partition coefficient (Wildman–Crippen LogP) is -3.10. The van der Waals surface area contributed by atoms with Crippen LogP contribution < -0.4 is 33.2 Å². The first-order valence-electron chi connectivity index (χ1n) is 10.4. The normalized spacial score (nSPS) is 14.7. The van der Waals surface area contributed by atoms with E-state index in [0.717, 1.165) is 0 Å². The fourth-order valence-corrected chi connectivity index (χ4v) is 2.80. The lowest BCUT2D eigenvalue weighted by Gasteiger charge is -2.24. The molecule has 0 fully saturated rings. The zero-order valence-electron chi connectivity index (χ0n) is 18.5. The highest BCUT2D eigenvalue weighted by molar-refractivity contribution is 5.96. The Morgan fingerprint density at radius 3 is 1.88 bits per heavy atom. The molecule has 4 amide bonds. The Morgan fingerprint density at radius 1 is 0.875 bits per heavy atom. The van der Waals surface area contributed by atoms with Crippen LogP contribution in [0.4, 0.5) is 0 Å². The van der Waals surface area contributed by atoms with Crippen LogP contribution in [0.1, 0.15) is 46.0 Å². The lowest BCUT2D eigenvalue weighted by atomic mass is 10.0. The van der Waals surface area contributed by atoms with E-state index >= 15 is 0 Å². The quantitative estimate of drug-likeness (QED) is 0.109. The third-order valence-corrected chi connectivity index (χ3v) is 4.48. The minimum atomic E-state index is -1.64. The largest absolute Gasteiger partial charge is 0.480 e. The van der Waals surface area contributed by atoms with Gasteiger partial charge in [-0.25, -0.2) is 4.79 Å². The number of hydrogen-bond acceptors (Lipinski definition) is 8. The molecule has 11 N–H and O–H groups in total. The van der Waals surface area contributed by atoms with Crippen molar-refractivity contribution in [3.05, 3.63) is 0 Å². The van der Waals surface area contributed by atoms with E-state index in [0.29, 0.717) is 25.8 Å². The first kappa shape index (κ1) is 29.2. The molecule has 0 aliphatic heterocycles. The molecule has 0 aromatic rings. The monoisotopic (exact) mass is 460 g/mol. The maximum atomic E-state index is 12.8. The number of nitrogens with one attached hydrogen (secondary N) is 3. The number of unbranched alkanes of at least 4 members (excludes halogenated alkanes) is 1. The van der Waals surface area contributed by atoms with E-state index in [4.69, 9.17) is 27.4 Å². The van der Waals surface area contributed by atoms with Crippen molar-refractivity contribution in [2.24, 2.45) is 23.1 Å². The number of aliphatic hydroxyl groups excluding tert-OH is 1. The first-order chi connectivity index (χ1) is 14.9. The Hall–Kier alpha value is -2.77. The zero-order chi connectivity index (χ0) is 24.8. The number of nitrogens with two attached hydrogens (primary N) is 3. The Kier molecular flexibility index (Phi) is 13.8. The maximum Gasteiger partial charge on any atom is 0.328 e. The summed E-state index contributed by atoms with van der Waals surface area (Å²) >= 11 is 0. The molecule has 0 heterocycles. The second-order valence-electron chi connectivity index (χ2n) is 7.90. The summed E-state index contributed by atoms with van der Waals surface area (Å²) in [6.07, 6.45) is 1.05. The molecule has 0 spiro atoms. The van der Waals surface area contributed by atoms with Crippen molar-refractivity contribution < 1.29 is 34.2 Å². The summed E-state index contributed by atoms with van der Waals surface area (Å²) in [5.41, 5.74) is 16.5. The van der Waals surface area contributed by atoms with Crippen LogP contribution in [0.25, 0.3) is 0 Å². The molecule has 0 saturated heterocycles. The molecule has 4 atom stereocenters. The van der Waals surface area contributed by atoms with E-state index in [2.05, 4.69) is 10.6 Å². The lowest BCUT2D eigenvalue weighted by Crippen LogP contribution is -2.58. The van der Waals surface area contributed by atoms with Gasteiger partial charge in [-0.2, -0.15) is 0 Å². The minimum absolute atomic E-state index is 0.151. The second kappa shape index (κ2) is 15.1. The Labute approximate surface area is 186 Å². The highest BCUT2D eigenvalue weighted by Crippen LogP contribution is 2.06. The summed E-state index contributed by atoms with van der Waals surface area (Å²) in [5.74, 6) is -4.63. The molecule has 13 heteroatoms. The van der Waals surface area contributed by atoms with Gasteiger partial charge in [0.1, 0.15) is 18.1 Å². The predicted molar refractivity (Wildman–Crippen MR) is 115 cm³/mol. The van der Waals surface area contributed by atoms with E-state index < -0.39 is 66.8 Å². The molecule has 0 saturated carbocycles. The van der Waals surface area contributed by atoms with Crippen molar-refractivity contribution in [2.75, 3.05) is 13.2 Å². The molecule has 0 aliphatic rings. The maximum absolute atomic E-state index is 12.8. The highest BCUT2D eigenvalue weighted by Gasteiger charge is 2.31. The summed E-state index contributed by atoms with van der Waals surface area (Å²) in [6.45, 7) is 3.26. The number of rotatable bonds is 16. The van der Waals surface area contributed by atoms with Crippen LogP contribution in [0, 0.1) is 5.92 Å². The van der Waals surface area contributed by atoms with Crippen LogP contribution >= 0.6 is 0 Å². The van der Waals surface area contributed by atoms with Gasteiger partial charge in [-0.15, -0.1) is 0 Å². The molecule has 32 heavy (non-hydrogen) atoms. The number of carbonyl (C=O) groups is 5. The van der Waals surface area contributed by atoms with Gasteiger partial charge in [0, 0.05) is 0 Å². The van der Waals surface area contributed by atoms with Crippen LogP contribution in [0.2, 0.25) is 0 Å². The van der Waals surface area contributed by atoms with Gasteiger partial charge in [0.15, 0.2) is 0 Å². The number of aliphatic carboxylic acids is 1. The lowest BCUT2D eigenvalue weighted by molar-refractivity contribution is -0.143. The SMILES string of the molecule is CC(C)CC(N)C(=O)NC(CCCCN)C(=O)NC(CC(N)=O)C(=O)NC(CO)C(=O)O. The van der Waals surface area contributed by atoms with Crippen LogP contribution in [-0.2, 0) is 24.0 Å². The van der Waals surface area contributed by atoms with Gasteiger partial charge in [0.05, 0.1) is 19.1 Å². The summed E-state index contributed by atoms with van der Waals surface area (Å²) < 4.78 is 0. The smallest absolute Gasteiger partial charge is 0.328 e. The van der Waals surface area contributed by atoms with Gasteiger partial charge in [-0.3, -0.25) is 19.2 Å². The van der Waals surface area contributed by atoms with Crippen molar-refractivity contribution in [1.29, 1.82) is 0 Å². The highest BCUT2D eigenvalue weighted by atomic mass is 16.4. The van der Waals surface area contributed by atoms with Gasteiger partial charge in [-0.1, -0.05) is 13.8 Å². The molecule has 4 unspecified atom stereocenters. The fourth-order valence-electron chi connectivity index (χ4n) is 2.80. The molecule has 13 nitrogen and oxygen atoms in total. The van der Waals surface area contributed by atoms with Crippen LogP contribution in [0.3, 0.4) is 0 Å². The third kappa shape index (κ3) is 11.6. The third-order valence-electron chi connectivity index (χ3n) is 4.48. The van der Waals surface area contributed by atoms with Gasteiger partial charge in [0.25, 0.3) is 0 Å². The average Bonchev–Trinajstić information content (AvgIpc) is 2.69. The minimum Gasteiger partial charge on any atom is -0.480 e. The number of amides is 4. The van der Waals surface area contributed by atoms with E-state index in [1.54, 1.807) is 0 Å². The number of carbonyl (C=O) groups excluding carboxylic acids is 4. The summed E-state index contributed by atoms with van der Waals surface area (Å²) in [4.78, 5) is 60.0. The van der Waals surface area contributed by atoms with Crippen LogP contribution in [0.15, 0.2) is 0 Å². The molecular weight excluding hydrogens is 424 g/mol. The molecule has 184 valence electrons. The Morgan fingerprint density at radius 2 is 1.41 bits per heavy atom.